The van der Waals surface area contributed by atoms with Crippen molar-refractivity contribution in [3.8, 4) is 5.75 Å². The summed E-state index contributed by atoms with van der Waals surface area (Å²) in [5.74, 6) is -0.765. The summed E-state index contributed by atoms with van der Waals surface area (Å²) in [7, 11) is 0. The molecular weight excluding hydrogens is 403 g/mol. The molecule has 0 bridgehead atoms. The summed E-state index contributed by atoms with van der Waals surface area (Å²) < 4.78 is 18.9. The molecule has 0 aliphatic carbocycles. The molecule has 1 saturated heterocycles. The number of benzene rings is 1. The molecule has 26 heavy (non-hydrogen) atoms. The van der Waals surface area contributed by atoms with Crippen LogP contribution in [0.2, 0.25) is 0 Å². The predicted molar refractivity (Wildman–Crippen MR) is 97.0 cm³/mol. The minimum absolute atomic E-state index is 0.0725. The molecule has 7 heteroatoms. The number of rotatable bonds is 4. The van der Waals surface area contributed by atoms with Crippen LogP contribution in [0.1, 0.15) is 18.4 Å². The molecule has 5 nitrogen and oxygen atoms in total. The van der Waals surface area contributed by atoms with Gasteiger partial charge in [0.2, 0.25) is 5.91 Å². The van der Waals surface area contributed by atoms with Crippen LogP contribution >= 0.6 is 15.9 Å². The predicted octanol–water partition coefficient (Wildman–Crippen LogP) is 3.37. The third-order valence-electron chi connectivity index (χ3n) is 4.31. The van der Waals surface area contributed by atoms with Crippen LogP contribution in [0.4, 0.5) is 4.39 Å². The Labute approximate surface area is 159 Å². The van der Waals surface area contributed by atoms with Gasteiger partial charge in [0.15, 0.2) is 5.75 Å². The Kier molecular flexibility index (Phi) is 5.98. The molecule has 136 valence electrons. The lowest BCUT2D eigenvalue weighted by Crippen LogP contribution is -2.44. The van der Waals surface area contributed by atoms with E-state index in [2.05, 4.69) is 20.9 Å². The summed E-state index contributed by atoms with van der Waals surface area (Å²) >= 11 is 3.25. The van der Waals surface area contributed by atoms with E-state index < -0.39 is 0 Å². The zero-order chi connectivity index (χ0) is 18.5. The normalized spacial score (nSPS) is 17.0. The van der Waals surface area contributed by atoms with Gasteiger partial charge in [-0.15, -0.1) is 0 Å². The molecule has 3 rings (SSSR count). The van der Waals surface area contributed by atoms with Crippen LogP contribution in [0, 0.1) is 11.7 Å². The second-order valence-corrected chi connectivity index (χ2v) is 6.95. The Morgan fingerprint density at radius 1 is 1.27 bits per heavy atom. The zero-order valence-electron chi connectivity index (χ0n) is 14.0. The van der Waals surface area contributed by atoms with Crippen LogP contribution in [0.25, 0.3) is 0 Å². The topological polar surface area (TPSA) is 59.5 Å². The van der Waals surface area contributed by atoms with Crippen molar-refractivity contribution < 1.29 is 18.7 Å². The van der Waals surface area contributed by atoms with Crippen LogP contribution in [0.5, 0.6) is 5.75 Å². The first-order chi connectivity index (χ1) is 12.5. The highest BCUT2D eigenvalue weighted by atomic mass is 79.9. The van der Waals surface area contributed by atoms with Gasteiger partial charge in [0.1, 0.15) is 10.4 Å². The number of piperidine rings is 1. The molecule has 1 fully saturated rings. The molecule has 1 amide bonds. The molecule has 2 heterocycles. The van der Waals surface area contributed by atoms with E-state index in [9.17, 15) is 14.0 Å². The summed E-state index contributed by atoms with van der Waals surface area (Å²) in [6.07, 6.45) is 3.20. The number of ether oxygens (including phenoxy) is 1. The molecule has 0 saturated carbocycles. The summed E-state index contributed by atoms with van der Waals surface area (Å²) in [6, 6.07) is 9.23. The fraction of sp³-hybridized carbons (Fsp3) is 0.316. The molecule has 2 aromatic rings. The lowest BCUT2D eigenvalue weighted by molar-refractivity contribution is -0.143. The van der Waals surface area contributed by atoms with Gasteiger partial charge in [0.05, 0.1) is 12.3 Å². The minimum atomic E-state index is -0.368. The van der Waals surface area contributed by atoms with Crippen molar-refractivity contribution in [1.82, 2.24) is 9.88 Å². The number of pyridine rings is 1. The van der Waals surface area contributed by atoms with Crippen molar-refractivity contribution in [2.24, 2.45) is 5.92 Å². The van der Waals surface area contributed by atoms with E-state index in [4.69, 9.17) is 4.74 Å². The van der Waals surface area contributed by atoms with E-state index in [0.717, 1.165) is 12.0 Å². The van der Waals surface area contributed by atoms with Crippen LogP contribution in [0.3, 0.4) is 0 Å². The van der Waals surface area contributed by atoms with E-state index in [0.29, 0.717) is 29.9 Å². The minimum Gasteiger partial charge on any atom is -0.423 e. The van der Waals surface area contributed by atoms with Crippen LogP contribution < -0.4 is 4.74 Å². The van der Waals surface area contributed by atoms with E-state index in [1.165, 1.54) is 12.1 Å². The molecule has 1 aliphatic rings. The molecule has 1 aliphatic heterocycles. The molecule has 1 atom stereocenters. The summed E-state index contributed by atoms with van der Waals surface area (Å²) in [6.45, 7) is 0.942. The number of esters is 1. The SMILES string of the molecule is O=C(Oc1cccnc1Br)[C@H]1CCCN(C(=O)Cc2ccc(F)cc2)C1. The monoisotopic (exact) mass is 420 g/mol. The third-order valence-corrected chi connectivity index (χ3v) is 4.91. The van der Waals surface area contributed by atoms with Gasteiger partial charge in [-0.2, -0.15) is 0 Å². The summed E-state index contributed by atoms with van der Waals surface area (Å²) in [5, 5.41) is 0. The van der Waals surface area contributed by atoms with Gasteiger partial charge in [-0.05, 0) is 58.6 Å². The maximum absolute atomic E-state index is 13.0. The van der Waals surface area contributed by atoms with Gasteiger partial charge in [-0.1, -0.05) is 12.1 Å². The average molecular weight is 421 g/mol. The Balaban J connectivity index is 1.59. The summed E-state index contributed by atoms with van der Waals surface area (Å²) in [4.78, 5) is 30.6. The van der Waals surface area contributed by atoms with Gasteiger partial charge in [0, 0.05) is 19.3 Å². The van der Waals surface area contributed by atoms with Crippen molar-refractivity contribution in [3.05, 3.63) is 58.6 Å². The number of carbonyl (C=O) groups is 2. The quantitative estimate of drug-likeness (QED) is 0.561. The molecule has 0 unspecified atom stereocenters. The summed E-state index contributed by atoms with van der Waals surface area (Å²) in [5.41, 5.74) is 0.750. The Bertz CT molecular complexity index is 798. The Hall–Kier alpha value is -2.28. The Morgan fingerprint density at radius 2 is 2.04 bits per heavy atom. The second-order valence-electron chi connectivity index (χ2n) is 6.20. The number of amides is 1. The van der Waals surface area contributed by atoms with Crippen molar-refractivity contribution >= 4 is 27.8 Å². The largest absolute Gasteiger partial charge is 0.423 e. The fourth-order valence-electron chi connectivity index (χ4n) is 2.92. The van der Waals surface area contributed by atoms with Crippen molar-refractivity contribution in [3.63, 3.8) is 0 Å². The standard InChI is InChI=1S/C19H18BrFN2O3/c20-18-16(4-1-9-22-18)26-19(25)14-3-2-10-23(12-14)17(24)11-13-5-7-15(21)8-6-13/h1,4-9,14H,2-3,10-12H2/t14-/m0/s1. The first-order valence-electron chi connectivity index (χ1n) is 8.37. The smallest absolute Gasteiger partial charge is 0.316 e. The van der Waals surface area contributed by atoms with Crippen molar-refractivity contribution in [1.29, 1.82) is 0 Å². The second kappa shape index (κ2) is 8.40. The molecule has 0 N–H and O–H groups in total. The van der Waals surface area contributed by atoms with Gasteiger partial charge < -0.3 is 9.64 Å². The lowest BCUT2D eigenvalue weighted by atomic mass is 9.97. The Morgan fingerprint density at radius 3 is 2.77 bits per heavy atom. The number of likely N-dealkylation sites (tertiary alicyclic amines) is 1. The highest BCUT2D eigenvalue weighted by Gasteiger charge is 2.30. The van der Waals surface area contributed by atoms with E-state index in [1.807, 2.05) is 0 Å². The lowest BCUT2D eigenvalue weighted by Gasteiger charge is -2.31. The average Bonchev–Trinajstić information content (AvgIpc) is 2.65. The molecule has 1 aromatic heterocycles. The van der Waals surface area contributed by atoms with Gasteiger partial charge in [-0.25, -0.2) is 9.37 Å². The highest BCUT2D eigenvalue weighted by molar-refractivity contribution is 9.10. The molecule has 1 aromatic carbocycles. The number of halogens is 2. The fourth-order valence-corrected chi connectivity index (χ4v) is 3.26. The number of hydrogen-bond acceptors (Lipinski definition) is 4. The first kappa shape index (κ1) is 18.5. The number of nitrogens with zero attached hydrogens (tertiary/aromatic N) is 2. The first-order valence-corrected chi connectivity index (χ1v) is 9.16. The maximum Gasteiger partial charge on any atom is 0.316 e. The third kappa shape index (κ3) is 4.66. The molecule has 0 spiro atoms. The van der Waals surface area contributed by atoms with Crippen LogP contribution in [0.15, 0.2) is 47.2 Å². The number of aromatic nitrogens is 1. The van der Waals surface area contributed by atoms with Gasteiger partial charge >= 0.3 is 5.97 Å². The zero-order valence-corrected chi connectivity index (χ0v) is 15.6. The maximum atomic E-state index is 13.0. The van der Waals surface area contributed by atoms with E-state index in [-0.39, 0.29) is 30.0 Å². The highest BCUT2D eigenvalue weighted by Crippen LogP contribution is 2.25. The van der Waals surface area contributed by atoms with E-state index in [1.54, 1.807) is 35.4 Å². The van der Waals surface area contributed by atoms with E-state index >= 15 is 0 Å². The number of carbonyl (C=O) groups excluding carboxylic acids is 2. The van der Waals surface area contributed by atoms with Crippen LogP contribution in [-0.2, 0) is 16.0 Å². The van der Waals surface area contributed by atoms with Crippen LogP contribution in [-0.4, -0.2) is 34.8 Å². The number of hydrogen-bond donors (Lipinski definition) is 0. The molecular formula is C19H18BrFN2O3. The van der Waals surface area contributed by atoms with Gasteiger partial charge in [-0.3, -0.25) is 9.59 Å². The van der Waals surface area contributed by atoms with Crippen molar-refractivity contribution in [2.45, 2.75) is 19.3 Å². The molecule has 0 radical (unpaired) electrons. The van der Waals surface area contributed by atoms with Gasteiger partial charge in [0.25, 0.3) is 0 Å². The van der Waals surface area contributed by atoms with Crippen molar-refractivity contribution in [2.75, 3.05) is 13.1 Å².